The van der Waals surface area contributed by atoms with Crippen LogP contribution in [0.15, 0.2) is 65.8 Å². The molecule has 4 rings (SSSR count). The summed E-state index contributed by atoms with van der Waals surface area (Å²) in [4.78, 5) is 12.1. The third-order valence-electron chi connectivity index (χ3n) is 5.46. The minimum atomic E-state index is 0.0596. The fourth-order valence-electron chi connectivity index (χ4n) is 4.36. The molecule has 0 aromatic heterocycles. The lowest BCUT2D eigenvalue weighted by Gasteiger charge is -2.35. The Balaban J connectivity index is 1.57. The number of hydrazone groups is 1. The zero-order valence-electron chi connectivity index (χ0n) is 16.1. The second kappa shape index (κ2) is 7.18. The first-order valence-corrected chi connectivity index (χ1v) is 9.75. The topological polar surface area (TPSA) is 44.7 Å². The molecular weight excluding hydrogens is 334 g/mol. The van der Waals surface area contributed by atoms with Crippen molar-refractivity contribution in [1.29, 1.82) is 0 Å². The van der Waals surface area contributed by atoms with Crippen LogP contribution in [-0.4, -0.2) is 17.7 Å². The van der Waals surface area contributed by atoms with E-state index in [2.05, 4.69) is 72.7 Å². The normalized spacial score (nSPS) is 24.4. The number of rotatable bonds is 4. The molecule has 2 aromatic carbocycles. The number of amides is 1. The average Bonchev–Trinajstić information content (AvgIpc) is 3.05. The fraction of sp³-hybridized carbons (Fsp3) is 0.391. The Morgan fingerprint density at radius 3 is 2.41 bits per heavy atom. The van der Waals surface area contributed by atoms with Gasteiger partial charge in [0, 0.05) is 31.0 Å². The van der Waals surface area contributed by atoms with Crippen LogP contribution < -0.4 is 10.3 Å². The number of para-hydroxylation sites is 1. The second-order valence-corrected chi connectivity index (χ2v) is 8.49. The predicted molar refractivity (Wildman–Crippen MR) is 110 cm³/mol. The summed E-state index contributed by atoms with van der Waals surface area (Å²) in [6.07, 6.45) is 3.32. The van der Waals surface area contributed by atoms with Gasteiger partial charge in [-0.25, -0.2) is 0 Å². The van der Waals surface area contributed by atoms with E-state index in [4.69, 9.17) is 5.10 Å². The quantitative estimate of drug-likeness (QED) is 0.859. The van der Waals surface area contributed by atoms with Gasteiger partial charge in [0.15, 0.2) is 0 Å². The van der Waals surface area contributed by atoms with Gasteiger partial charge in [-0.3, -0.25) is 9.80 Å². The maximum atomic E-state index is 12.1. The lowest BCUT2D eigenvalue weighted by molar-refractivity contribution is -0.126. The van der Waals surface area contributed by atoms with E-state index in [1.54, 1.807) is 0 Å². The van der Waals surface area contributed by atoms with E-state index in [9.17, 15) is 4.79 Å². The van der Waals surface area contributed by atoms with Gasteiger partial charge in [0.25, 0.3) is 0 Å². The number of hydrogen-bond acceptors (Lipinski definition) is 3. The Kier molecular flexibility index (Phi) is 4.73. The molecule has 0 bridgehead atoms. The van der Waals surface area contributed by atoms with Crippen molar-refractivity contribution >= 4 is 17.3 Å². The van der Waals surface area contributed by atoms with Crippen LogP contribution in [0, 0.1) is 5.41 Å². The van der Waals surface area contributed by atoms with Gasteiger partial charge in [-0.05, 0) is 29.5 Å². The molecule has 1 amide bonds. The summed E-state index contributed by atoms with van der Waals surface area (Å²) in [6.45, 7) is 4.36. The molecule has 4 nitrogen and oxygen atoms in total. The first kappa shape index (κ1) is 17.8. The summed E-state index contributed by atoms with van der Waals surface area (Å²) < 4.78 is 0. The van der Waals surface area contributed by atoms with Gasteiger partial charge in [-0.15, -0.1) is 0 Å². The van der Waals surface area contributed by atoms with Crippen LogP contribution in [0.1, 0.15) is 51.1 Å². The highest BCUT2D eigenvalue weighted by molar-refractivity contribution is 5.90. The first-order chi connectivity index (χ1) is 13.0. The number of piperidine rings is 1. The van der Waals surface area contributed by atoms with E-state index in [1.807, 2.05) is 12.1 Å². The number of nitrogens with one attached hydrogen (secondary N) is 1. The van der Waals surface area contributed by atoms with Gasteiger partial charge in [0.05, 0.1) is 11.7 Å². The highest BCUT2D eigenvalue weighted by atomic mass is 16.1. The molecule has 2 atom stereocenters. The highest BCUT2D eigenvalue weighted by Crippen LogP contribution is 2.37. The third kappa shape index (κ3) is 4.05. The smallest absolute Gasteiger partial charge is 0.220 e. The number of benzene rings is 2. The molecule has 2 heterocycles. The van der Waals surface area contributed by atoms with Gasteiger partial charge >= 0.3 is 0 Å². The van der Waals surface area contributed by atoms with E-state index in [1.165, 1.54) is 5.56 Å². The molecule has 27 heavy (non-hydrogen) atoms. The second-order valence-electron chi connectivity index (χ2n) is 8.49. The number of nitrogens with zero attached hydrogens (tertiary/aromatic N) is 2. The molecule has 4 heteroatoms. The summed E-state index contributed by atoms with van der Waals surface area (Å²) >= 11 is 0. The van der Waals surface area contributed by atoms with Crippen LogP contribution in [0.25, 0.3) is 0 Å². The Hall–Kier alpha value is -2.62. The minimum absolute atomic E-state index is 0.0596. The average molecular weight is 361 g/mol. The Morgan fingerprint density at radius 2 is 1.74 bits per heavy atom. The number of carbonyl (C=O) groups excluding carboxylic acids is 1. The van der Waals surface area contributed by atoms with Crippen LogP contribution in [0.5, 0.6) is 0 Å². The van der Waals surface area contributed by atoms with Crippen LogP contribution >= 0.6 is 0 Å². The zero-order chi connectivity index (χ0) is 18.9. The number of hydrogen-bond donors (Lipinski definition) is 1. The largest absolute Gasteiger partial charge is 0.353 e. The molecule has 0 radical (unpaired) electrons. The van der Waals surface area contributed by atoms with E-state index < -0.39 is 0 Å². The van der Waals surface area contributed by atoms with Crippen LogP contribution in [0.4, 0.5) is 5.69 Å². The SMILES string of the molecule is CC1(C)CC(=O)NC(CC2=NN(c3ccccc3)C(c3ccccc3)C2)C1. The van der Waals surface area contributed by atoms with E-state index >= 15 is 0 Å². The standard InChI is InChI=1S/C23H27N3O/c1-23(2)15-19(24-22(27)16-23)13-18-14-21(17-9-5-3-6-10-17)26(25-18)20-11-7-4-8-12-20/h3-12,19,21H,13-16H2,1-2H3,(H,24,27). The van der Waals surface area contributed by atoms with Crippen molar-refractivity contribution in [3.8, 4) is 0 Å². The van der Waals surface area contributed by atoms with Crippen molar-refractivity contribution in [3.63, 3.8) is 0 Å². The van der Waals surface area contributed by atoms with Gasteiger partial charge in [0.2, 0.25) is 5.91 Å². The Morgan fingerprint density at radius 1 is 1.07 bits per heavy atom. The molecular formula is C23H27N3O. The molecule has 140 valence electrons. The van der Waals surface area contributed by atoms with Crippen molar-refractivity contribution in [2.24, 2.45) is 10.5 Å². The summed E-state index contributed by atoms with van der Waals surface area (Å²) in [5, 5.41) is 10.3. The molecule has 2 aliphatic rings. The van der Waals surface area contributed by atoms with Crippen LogP contribution in [-0.2, 0) is 4.79 Å². The predicted octanol–water partition coefficient (Wildman–Crippen LogP) is 4.69. The first-order valence-electron chi connectivity index (χ1n) is 9.75. The van der Waals surface area contributed by atoms with Gasteiger partial charge in [-0.1, -0.05) is 62.4 Å². The molecule has 1 N–H and O–H groups in total. The van der Waals surface area contributed by atoms with E-state index in [0.717, 1.165) is 30.7 Å². The summed E-state index contributed by atoms with van der Waals surface area (Å²) in [6, 6.07) is 21.3. The minimum Gasteiger partial charge on any atom is -0.353 e. The Bertz CT molecular complexity index is 829. The van der Waals surface area contributed by atoms with Gasteiger partial charge in [0.1, 0.15) is 0 Å². The summed E-state index contributed by atoms with van der Waals surface area (Å²) in [5.41, 5.74) is 3.60. The molecule has 2 unspecified atom stereocenters. The highest BCUT2D eigenvalue weighted by Gasteiger charge is 2.35. The monoisotopic (exact) mass is 361 g/mol. The van der Waals surface area contributed by atoms with Crippen LogP contribution in [0.3, 0.4) is 0 Å². The maximum Gasteiger partial charge on any atom is 0.220 e. The number of anilines is 1. The van der Waals surface area contributed by atoms with Crippen LogP contribution in [0.2, 0.25) is 0 Å². The molecule has 0 aliphatic carbocycles. The molecule has 2 aliphatic heterocycles. The van der Waals surface area contributed by atoms with Crippen molar-refractivity contribution in [2.45, 2.75) is 51.6 Å². The lowest BCUT2D eigenvalue weighted by Crippen LogP contribution is -2.46. The van der Waals surface area contributed by atoms with Gasteiger partial charge < -0.3 is 5.32 Å². The van der Waals surface area contributed by atoms with Crippen molar-refractivity contribution in [2.75, 3.05) is 5.01 Å². The molecule has 0 saturated carbocycles. The summed E-state index contributed by atoms with van der Waals surface area (Å²) in [7, 11) is 0. The third-order valence-corrected chi connectivity index (χ3v) is 5.46. The summed E-state index contributed by atoms with van der Waals surface area (Å²) in [5.74, 6) is 0.161. The molecule has 0 spiro atoms. The zero-order valence-corrected chi connectivity index (χ0v) is 16.1. The molecule has 2 aromatic rings. The maximum absolute atomic E-state index is 12.1. The lowest BCUT2D eigenvalue weighted by atomic mass is 9.78. The molecule has 1 fully saturated rings. The van der Waals surface area contributed by atoms with Crippen molar-refractivity contribution < 1.29 is 4.79 Å². The van der Waals surface area contributed by atoms with Gasteiger partial charge in [-0.2, -0.15) is 5.10 Å². The number of carbonyl (C=O) groups is 1. The Labute approximate surface area is 161 Å². The van der Waals surface area contributed by atoms with E-state index in [0.29, 0.717) is 6.42 Å². The fourth-order valence-corrected chi connectivity index (χ4v) is 4.36. The van der Waals surface area contributed by atoms with Crippen molar-refractivity contribution in [1.82, 2.24) is 5.32 Å². The molecule has 1 saturated heterocycles. The van der Waals surface area contributed by atoms with Crippen molar-refractivity contribution in [3.05, 3.63) is 66.2 Å². The van der Waals surface area contributed by atoms with E-state index in [-0.39, 0.29) is 23.4 Å².